The van der Waals surface area contributed by atoms with Crippen LogP contribution < -0.4 is 0 Å². The van der Waals surface area contributed by atoms with E-state index in [4.69, 9.17) is 18.9 Å². The van der Waals surface area contributed by atoms with Gasteiger partial charge in [-0.15, -0.1) is 0 Å². The third kappa shape index (κ3) is 9.49. The first kappa shape index (κ1) is 35.8. The predicted octanol–water partition coefficient (Wildman–Crippen LogP) is 9.56. The number of rotatable bonds is 18. The van der Waals surface area contributed by atoms with Crippen LogP contribution in [0.1, 0.15) is 126 Å². The van der Waals surface area contributed by atoms with Crippen LogP contribution in [0.4, 0.5) is 0 Å². The summed E-state index contributed by atoms with van der Waals surface area (Å²) in [6.07, 6.45) is 19.1. The van der Waals surface area contributed by atoms with Gasteiger partial charge < -0.3 is 18.9 Å². The molecule has 0 aromatic rings. The number of hydrogen-bond donors (Lipinski definition) is 1. The average Bonchev–Trinajstić information content (AvgIpc) is 3.30. The summed E-state index contributed by atoms with van der Waals surface area (Å²) in [5.41, 5.74) is 2.69. The molecule has 0 spiro atoms. The molecule has 0 N–H and O–H groups in total. The fourth-order valence-corrected chi connectivity index (χ4v) is 10.0. The van der Waals surface area contributed by atoms with Crippen molar-refractivity contribution in [2.75, 3.05) is 46.2 Å². The van der Waals surface area contributed by atoms with E-state index in [-0.39, 0.29) is 4.75 Å². The van der Waals surface area contributed by atoms with Crippen molar-refractivity contribution >= 4 is 12.6 Å². The maximum absolute atomic E-state index is 6.35. The van der Waals surface area contributed by atoms with E-state index in [9.17, 15) is 0 Å². The fourth-order valence-electron chi connectivity index (χ4n) is 9.93. The van der Waals surface area contributed by atoms with E-state index >= 15 is 0 Å². The zero-order chi connectivity index (χ0) is 31.1. The van der Waals surface area contributed by atoms with Gasteiger partial charge in [0.15, 0.2) is 0 Å². The number of fused-ring (bicyclic) bond motifs is 5. The number of allylic oxidation sites excluding steroid dienone is 1. The quantitative estimate of drug-likeness (QED) is 0.0941. The molecule has 0 radical (unpaired) electrons. The summed E-state index contributed by atoms with van der Waals surface area (Å²) in [5.74, 6) is 5.39. The zero-order valence-electron chi connectivity index (χ0n) is 29.1. The van der Waals surface area contributed by atoms with Crippen molar-refractivity contribution in [2.45, 2.75) is 136 Å². The summed E-state index contributed by atoms with van der Waals surface area (Å²) in [4.78, 5) is 0. The van der Waals surface area contributed by atoms with E-state index in [1.807, 2.05) is 0 Å². The molecule has 0 bridgehead atoms. The van der Waals surface area contributed by atoms with Crippen LogP contribution in [0, 0.1) is 46.3 Å². The molecule has 0 amide bonds. The van der Waals surface area contributed by atoms with Crippen LogP contribution in [0.3, 0.4) is 0 Å². The molecular weight excluding hydrogens is 552 g/mol. The lowest BCUT2D eigenvalue weighted by Gasteiger charge is -2.58. The Labute approximate surface area is 271 Å². The highest BCUT2D eigenvalue weighted by molar-refractivity contribution is 7.81. The largest absolute Gasteiger partial charge is 0.379 e. The molecule has 0 aromatic heterocycles. The van der Waals surface area contributed by atoms with E-state index < -0.39 is 0 Å². The van der Waals surface area contributed by atoms with Gasteiger partial charge >= 0.3 is 0 Å². The lowest BCUT2D eigenvalue weighted by molar-refractivity contribution is -0.0691. The second-order valence-electron chi connectivity index (χ2n) is 16.4. The Hall–Kier alpha value is -0.0700. The SMILES string of the molecule is CC(C)CCCC(C)C1CCC2C3CC=C4C[C@@H](OCCOCCOCCOCCC(C)(C)S)CCC4(C)C3CCC12C. The molecule has 0 heterocycles. The van der Waals surface area contributed by atoms with Gasteiger partial charge in [-0.3, -0.25) is 0 Å². The first-order valence-corrected chi connectivity index (χ1v) is 18.7. The molecule has 5 heteroatoms. The lowest BCUT2D eigenvalue weighted by atomic mass is 9.47. The Morgan fingerprint density at radius 1 is 0.837 bits per heavy atom. The van der Waals surface area contributed by atoms with E-state index in [1.165, 1.54) is 64.2 Å². The van der Waals surface area contributed by atoms with Crippen LogP contribution in [0.2, 0.25) is 0 Å². The van der Waals surface area contributed by atoms with E-state index in [0.717, 1.165) is 55.0 Å². The Morgan fingerprint density at radius 3 is 2.19 bits per heavy atom. The maximum Gasteiger partial charge on any atom is 0.0704 e. The molecule has 3 saturated carbocycles. The van der Waals surface area contributed by atoms with E-state index in [0.29, 0.717) is 56.6 Å². The molecule has 0 aromatic carbocycles. The van der Waals surface area contributed by atoms with E-state index in [2.05, 4.69) is 67.2 Å². The first-order chi connectivity index (χ1) is 20.4. The van der Waals surface area contributed by atoms with E-state index in [1.54, 1.807) is 5.57 Å². The number of hydrogen-bond acceptors (Lipinski definition) is 5. The van der Waals surface area contributed by atoms with Gasteiger partial charge in [0, 0.05) is 11.4 Å². The highest BCUT2D eigenvalue weighted by Crippen LogP contribution is 2.67. The molecular formula is C38H68O4S. The molecule has 4 rings (SSSR count). The van der Waals surface area contributed by atoms with Gasteiger partial charge in [0.2, 0.25) is 0 Å². The summed E-state index contributed by atoms with van der Waals surface area (Å²) in [6.45, 7) is 21.4. The summed E-state index contributed by atoms with van der Waals surface area (Å²) < 4.78 is 23.4. The summed E-state index contributed by atoms with van der Waals surface area (Å²) in [5, 5.41) is 0. The van der Waals surface area contributed by atoms with Crippen molar-refractivity contribution in [3.05, 3.63) is 11.6 Å². The third-order valence-corrected chi connectivity index (χ3v) is 12.7. The van der Waals surface area contributed by atoms with Gasteiger partial charge in [0.25, 0.3) is 0 Å². The monoisotopic (exact) mass is 620 g/mol. The van der Waals surface area contributed by atoms with Crippen molar-refractivity contribution in [3.8, 4) is 0 Å². The second kappa shape index (κ2) is 16.2. The molecule has 43 heavy (non-hydrogen) atoms. The van der Waals surface area contributed by atoms with Crippen LogP contribution in [-0.4, -0.2) is 57.1 Å². The molecule has 4 aliphatic carbocycles. The molecule has 4 nitrogen and oxygen atoms in total. The minimum absolute atomic E-state index is 0.0211. The van der Waals surface area contributed by atoms with Gasteiger partial charge in [-0.05, 0) is 104 Å². The van der Waals surface area contributed by atoms with Crippen LogP contribution in [0.25, 0.3) is 0 Å². The summed E-state index contributed by atoms with van der Waals surface area (Å²) in [7, 11) is 0. The Bertz CT molecular complexity index is 866. The predicted molar refractivity (Wildman–Crippen MR) is 183 cm³/mol. The number of thiol groups is 1. The van der Waals surface area contributed by atoms with Crippen molar-refractivity contribution in [1.29, 1.82) is 0 Å². The normalized spacial score (nSPS) is 34.9. The van der Waals surface area contributed by atoms with Crippen molar-refractivity contribution in [1.82, 2.24) is 0 Å². The molecule has 7 unspecified atom stereocenters. The van der Waals surface area contributed by atoms with Crippen LogP contribution in [-0.2, 0) is 18.9 Å². The Balaban J connectivity index is 1.15. The van der Waals surface area contributed by atoms with Crippen LogP contribution >= 0.6 is 12.6 Å². The first-order valence-electron chi connectivity index (χ1n) is 18.2. The van der Waals surface area contributed by atoms with Crippen molar-refractivity contribution in [3.63, 3.8) is 0 Å². The van der Waals surface area contributed by atoms with Gasteiger partial charge in [0.1, 0.15) is 0 Å². The van der Waals surface area contributed by atoms with Crippen molar-refractivity contribution in [2.24, 2.45) is 46.3 Å². The van der Waals surface area contributed by atoms with Gasteiger partial charge in [-0.25, -0.2) is 0 Å². The fraction of sp³-hybridized carbons (Fsp3) is 0.947. The highest BCUT2D eigenvalue weighted by Gasteiger charge is 2.59. The smallest absolute Gasteiger partial charge is 0.0704 e. The Morgan fingerprint density at radius 2 is 1.51 bits per heavy atom. The van der Waals surface area contributed by atoms with Gasteiger partial charge in [-0.2, -0.15) is 12.6 Å². The summed E-state index contributed by atoms with van der Waals surface area (Å²) in [6, 6.07) is 0. The topological polar surface area (TPSA) is 36.9 Å². The average molecular weight is 621 g/mol. The maximum atomic E-state index is 6.35. The van der Waals surface area contributed by atoms with Crippen LogP contribution in [0.5, 0.6) is 0 Å². The molecule has 3 fully saturated rings. The second-order valence-corrected chi connectivity index (χ2v) is 17.6. The van der Waals surface area contributed by atoms with Crippen molar-refractivity contribution < 1.29 is 18.9 Å². The van der Waals surface area contributed by atoms with Gasteiger partial charge in [0.05, 0.1) is 45.7 Å². The van der Waals surface area contributed by atoms with Crippen LogP contribution in [0.15, 0.2) is 11.6 Å². The lowest BCUT2D eigenvalue weighted by Crippen LogP contribution is -2.51. The third-order valence-electron chi connectivity index (χ3n) is 12.4. The molecule has 8 atom stereocenters. The molecule has 0 aliphatic heterocycles. The number of ether oxygens (including phenoxy) is 4. The molecule has 4 aliphatic rings. The minimum Gasteiger partial charge on any atom is -0.379 e. The molecule has 0 saturated heterocycles. The highest BCUT2D eigenvalue weighted by atomic mass is 32.1. The molecule has 250 valence electrons. The standard InChI is InChI=1S/C38H68O4S/c1-28(2)9-8-10-29(3)33-13-14-34-32-12-11-30-27-31(15-17-37(30,6)35(32)16-18-38(33,34)7)42-26-25-41-24-23-40-22-21-39-20-19-36(4,5)43/h11,28-29,31-35,43H,8-10,12-27H2,1-7H3/t29?,31-,32?,33?,34?,35?,37?,38?/m0/s1. The minimum atomic E-state index is 0.0211. The van der Waals surface area contributed by atoms with Gasteiger partial charge in [-0.1, -0.05) is 79.4 Å². The Kier molecular flexibility index (Phi) is 13.4. The zero-order valence-corrected chi connectivity index (χ0v) is 30.0. The summed E-state index contributed by atoms with van der Waals surface area (Å²) >= 11 is 4.52.